The number of rotatable bonds is 6. The average molecular weight is 361 g/mol. The smallest absolute Gasteiger partial charge is 0.170 e. The van der Waals surface area contributed by atoms with Crippen molar-refractivity contribution in [2.45, 2.75) is 25.4 Å². The summed E-state index contributed by atoms with van der Waals surface area (Å²) in [6.07, 6.45) is 2.94. The Morgan fingerprint density at radius 3 is 2.79 bits per heavy atom. The third-order valence-electron chi connectivity index (χ3n) is 4.37. The van der Waals surface area contributed by atoms with E-state index in [1.807, 2.05) is 29.7 Å². The molecule has 24 heavy (non-hydrogen) atoms. The molecule has 0 aliphatic carbocycles. The first-order valence-corrected chi connectivity index (χ1v) is 9.53. The van der Waals surface area contributed by atoms with Crippen molar-refractivity contribution < 1.29 is 0 Å². The number of hydrogen-bond donors (Lipinski definition) is 1. The topological polar surface area (TPSA) is 31.4 Å². The van der Waals surface area contributed by atoms with Crippen LogP contribution in [0.2, 0.25) is 0 Å². The van der Waals surface area contributed by atoms with Crippen molar-refractivity contribution in [3.8, 4) is 0 Å². The highest BCUT2D eigenvalue weighted by molar-refractivity contribution is 7.80. The SMILES string of the molecule is Cc1ccsc1[C@H]1[C@H](c2ccccn2)NC(=S)N1CCCN(C)C. The fourth-order valence-electron chi connectivity index (χ4n) is 3.18. The van der Waals surface area contributed by atoms with Crippen LogP contribution in [0.1, 0.15) is 34.6 Å². The molecule has 1 saturated heterocycles. The van der Waals surface area contributed by atoms with Crippen LogP contribution in [0.25, 0.3) is 0 Å². The van der Waals surface area contributed by atoms with Crippen LogP contribution in [0.5, 0.6) is 0 Å². The van der Waals surface area contributed by atoms with Crippen molar-refractivity contribution in [2.75, 3.05) is 27.2 Å². The van der Waals surface area contributed by atoms with Gasteiger partial charge in [-0.3, -0.25) is 4.98 Å². The van der Waals surface area contributed by atoms with Crippen molar-refractivity contribution in [1.82, 2.24) is 20.1 Å². The number of aryl methyl sites for hydroxylation is 1. The maximum absolute atomic E-state index is 5.67. The van der Waals surface area contributed by atoms with E-state index in [0.29, 0.717) is 0 Å². The molecule has 0 unspecified atom stereocenters. The Hall–Kier alpha value is -1.50. The summed E-state index contributed by atoms with van der Waals surface area (Å²) in [6, 6.07) is 8.59. The van der Waals surface area contributed by atoms with Gasteiger partial charge in [-0.1, -0.05) is 6.07 Å². The minimum absolute atomic E-state index is 0.107. The van der Waals surface area contributed by atoms with Crippen molar-refractivity contribution >= 4 is 28.7 Å². The predicted molar refractivity (Wildman–Crippen MR) is 104 cm³/mol. The third-order valence-corrected chi connectivity index (χ3v) is 5.81. The summed E-state index contributed by atoms with van der Waals surface area (Å²) >= 11 is 7.48. The first-order chi connectivity index (χ1) is 11.6. The maximum Gasteiger partial charge on any atom is 0.170 e. The highest BCUT2D eigenvalue weighted by Crippen LogP contribution is 2.41. The van der Waals surface area contributed by atoms with Gasteiger partial charge < -0.3 is 15.1 Å². The molecule has 3 rings (SSSR count). The van der Waals surface area contributed by atoms with Gasteiger partial charge in [-0.25, -0.2) is 0 Å². The van der Waals surface area contributed by atoms with E-state index in [1.165, 1.54) is 10.4 Å². The van der Waals surface area contributed by atoms with E-state index in [4.69, 9.17) is 12.2 Å². The van der Waals surface area contributed by atoms with Crippen LogP contribution in [-0.4, -0.2) is 47.1 Å². The lowest BCUT2D eigenvalue weighted by Gasteiger charge is -2.28. The van der Waals surface area contributed by atoms with Gasteiger partial charge in [-0.2, -0.15) is 0 Å². The van der Waals surface area contributed by atoms with Gasteiger partial charge in [0.25, 0.3) is 0 Å². The molecule has 1 N–H and O–H groups in total. The molecule has 4 nitrogen and oxygen atoms in total. The van der Waals surface area contributed by atoms with E-state index < -0.39 is 0 Å². The Morgan fingerprint density at radius 2 is 2.17 bits per heavy atom. The summed E-state index contributed by atoms with van der Waals surface area (Å²) in [4.78, 5) is 10.5. The van der Waals surface area contributed by atoms with Gasteiger partial charge in [-0.15, -0.1) is 11.3 Å². The largest absolute Gasteiger partial charge is 0.352 e. The van der Waals surface area contributed by atoms with Crippen molar-refractivity contribution in [3.63, 3.8) is 0 Å². The number of thiophene rings is 1. The number of hydrogen-bond acceptors (Lipinski definition) is 4. The lowest BCUT2D eigenvalue weighted by molar-refractivity contribution is 0.295. The van der Waals surface area contributed by atoms with Gasteiger partial charge in [0.1, 0.15) is 0 Å². The van der Waals surface area contributed by atoms with E-state index in [9.17, 15) is 0 Å². The number of thiocarbonyl (C=S) groups is 1. The van der Waals surface area contributed by atoms with Gasteiger partial charge in [0.15, 0.2) is 5.11 Å². The summed E-state index contributed by atoms with van der Waals surface area (Å²) in [5.74, 6) is 0. The van der Waals surface area contributed by atoms with Crippen molar-refractivity contribution in [3.05, 3.63) is 52.0 Å². The Bertz CT molecular complexity index is 683. The molecule has 3 heterocycles. The number of aromatic nitrogens is 1. The van der Waals surface area contributed by atoms with Crippen LogP contribution in [0, 0.1) is 6.92 Å². The molecule has 0 saturated carbocycles. The lowest BCUT2D eigenvalue weighted by atomic mass is 10.0. The van der Waals surface area contributed by atoms with E-state index in [2.05, 4.69) is 58.6 Å². The quantitative estimate of drug-likeness (QED) is 0.798. The van der Waals surface area contributed by atoms with Crippen LogP contribution in [0.4, 0.5) is 0 Å². The van der Waals surface area contributed by atoms with Crippen LogP contribution in [0.15, 0.2) is 35.8 Å². The van der Waals surface area contributed by atoms with Crippen molar-refractivity contribution in [1.29, 1.82) is 0 Å². The molecule has 0 aromatic carbocycles. The van der Waals surface area contributed by atoms with E-state index in [-0.39, 0.29) is 12.1 Å². The molecule has 2 aromatic heterocycles. The van der Waals surface area contributed by atoms with Crippen LogP contribution in [0.3, 0.4) is 0 Å². The molecule has 128 valence electrons. The molecule has 2 atom stereocenters. The standard InChI is InChI=1S/C18H24N4S2/c1-13-8-12-24-17(13)16-15(14-7-4-5-9-19-14)20-18(23)22(16)11-6-10-21(2)3/h4-5,7-9,12,15-16H,6,10-11H2,1-3H3,(H,20,23)/t15-,16+/m0/s1. The number of pyridine rings is 1. The molecule has 0 spiro atoms. The fraction of sp³-hybridized carbons (Fsp3) is 0.444. The Labute approximate surface area is 153 Å². The second kappa shape index (κ2) is 7.59. The molecule has 1 aliphatic rings. The first-order valence-electron chi connectivity index (χ1n) is 8.24. The normalized spacial score (nSPS) is 20.7. The Balaban J connectivity index is 1.90. The van der Waals surface area contributed by atoms with Gasteiger partial charge in [-0.05, 0) is 75.3 Å². The number of nitrogens with one attached hydrogen (secondary N) is 1. The fourth-order valence-corrected chi connectivity index (χ4v) is 4.58. The zero-order valence-corrected chi connectivity index (χ0v) is 16.0. The molecular weight excluding hydrogens is 336 g/mol. The predicted octanol–water partition coefficient (Wildman–Crippen LogP) is 3.38. The molecule has 1 fully saturated rings. The highest BCUT2D eigenvalue weighted by Gasteiger charge is 2.40. The highest BCUT2D eigenvalue weighted by atomic mass is 32.1. The Kier molecular flexibility index (Phi) is 5.48. The van der Waals surface area contributed by atoms with E-state index in [1.54, 1.807) is 0 Å². The summed E-state index contributed by atoms with van der Waals surface area (Å²) in [5, 5.41) is 6.51. The second-order valence-corrected chi connectivity index (χ2v) is 7.78. The molecular formula is C18H24N4S2. The molecule has 1 aliphatic heterocycles. The van der Waals surface area contributed by atoms with Gasteiger partial charge in [0.05, 0.1) is 17.8 Å². The van der Waals surface area contributed by atoms with Gasteiger partial charge in [0.2, 0.25) is 0 Å². The Morgan fingerprint density at radius 1 is 1.33 bits per heavy atom. The van der Waals surface area contributed by atoms with Crippen molar-refractivity contribution in [2.24, 2.45) is 0 Å². The zero-order chi connectivity index (χ0) is 17.1. The second-order valence-electron chi connectivity index (χ2n) is 6.44. The average Bonchev–Trinajstić information content (AvgIpc) is 3.11. The lowest BCUT2D eigenvalue weighted by Crippen LogP contribution is -2.32. The number of nitrogens with zero attached hydrogens (tertiary/aromatic N) is 3. The molecule has 0 radical (unpaired) electrons. The minimum atomic E-state index is 0.107. The zero-order valence-electron chi connectivity index (χ0n) is 14.4. The van der Waals surface area contributed by atoms with Crippen LogP contribution >= 0.6 is 23.6 Å². The van der Waals surface area contributed by atoms with Gasteiger partial charge >= 0.3 is 0 Å². The summed E-state index contributed by atoms with van der Waals surface area (Å²) < 4.78 is 0. The summed E-state index contributed by atoms with van der Waals surface area (Å²) in [6.45, 7) is 4.19. The van der Waals surface area contributed by atoms with E-state index in [0.717, 1.165) is 30.3 Å². The van der Waals surface area contributed by atoms with Crippen LogP contribution < -0.4 is 5.32 Å². The molecule has 0 bridgehead atoms. The minimum Gasteiger partial charge on any atom is -0.352 e. The first kappa shape index (κ1) is 17.3. The maximum atomic E-state index is 5.67. The van der Waals surface area contributed by atoms with E-state index >= 15 is 0 Å². The third kappa shape index (κ3) is 3.61. The molecule has 0 amide bonds. The monoisotopic (exact) mass is 360 g/mol. The van der Waals surface area contributed by atoms with Crippen LogP contribution in [-0.2, 0) is 0 Å². The van der Waals surface area contributed by atoms with Gasteiger partial charge in [0, 0.05) is 17.6 Å². The molecule has 2 aromatic rings. The summed E-state index contributed by atoms with van der Waals surface area (Å²) in [7, 11) is 4.22. The molecule has 6 heteroatoms. The summed E-state index contributed by atoms with van der Waals surface area (Å²) in [5.41, 5.74) is 2.38.